The number of hydrogen-bond acceptors (Lipinski definition) is 4. The Morgan fingerprint density at radius 1 is 0.875 bits per heavy atom. The third kappa shape index (κ3) is 7.20. The molecule has 0 bridgehead atoms. The third-order valence-electron chi connectivity index (χ3n) is 7.76. The highest BCUT2D eigenvalue weighted by Gasteiger charge is 2.32. The second-order valence-corrected chi connectivity index (χ2v) is 10.6. The molecule has 210 valence electrons. The number of benzene rings is 3. The summed E-state index contributed by atoms with van der Waals surface area (Å²) in [7, 11) is 0. The minimum Gasteiger partial charge on any atom is -0.486 e. The van der Waals surface area contributed by atoms with Crippen LogP contribution in [0, 0.1) is 5.82 Å². The second-order valence-electron chi connectivity index (χ2n) is 10.6. The summed E-state index contributed by atoms with van der Waals surface area (Å²) >= 11 is 0. The number of fused-ring (bicyclic) bond motifs is 1. The average molecular weight is 545 g/mol. The van der Waals surface area contributed by atoms with E-state index < -0.39 is 11.9 Å². The van der Waals surface area contributed by atoms with E-state index in [1.54, 1.807) is 23.1 Å². The summed E-state index contributed by atoms with van der Waals surface area (Å²) < 4.78 is 26.1. The van der Waals surface area contributed by atoms with E-state index in [2.05, 4.69) is 5.32 Å². The second kappa shape index (κ2) is 13.5. The molecule has 0 saturated heterocycles. The van der Waals surface area contributed by atoms with Gasteiger partial charge in [-0.25, -0.2) is 4.39 Å². The predicted octanol–water partition coefficient (Wildman–Crippen LogP) is 5.62. The predicted molar refractivity (Wildman–Crippen MR) is 152 cm³/mol. The Morgan fingerprint density at radius 2 is 1.60 bits per heavy atom. The van der Waals surface area contributed by atoms with E-state index >= 15 is 0 Å². The van der Waals surface area contributed by atoms with Gasteiger partial charge in [0.15, 0.2) is 11.5 Å². The first kappa shape index (κ1) is 27.7. The lowest BCUT2D eigenvalue weighted by Gasteiger charge is -2.33. The summed E-state index contributed by atoms with van der Waals surface area (Å²) in [6.07, 6.45) is 6.22. The molecule has 1 aliphatic carbocycles. The van der Waals surface area contributed by atoms with Crippen LogP contribution in [0.1, 0.15) is 55.2 Å². The maximum absolute atomic E-state index is 14.8. The maximum Gasteiger partial charge on any atom is 0.243 e. The molecular formula is C33H37FN2O4. The summed E-state index contributed by atoms with van der Waals surface area (Å²) in [4.78, 5) is 29.3. The van der Waals surface area contributed by atoms with Crippen molar-refractivity contribution in [3.05, 3.63) is 95.3 Å². The monoisotopic (exact) mass is 544 g/mol. The average Bonchev–Trinajstić information content (AvgIpc) is 2.99. The highest BCUT2D eigenvalue weighted by molar-refractivity contribution is 5.88. The van der Waals surface area contributed by atoms with Gasteiger partial charge in [-0.15, -0.1) is 0 Å². The lowest BCUT2D eigenvalue weighted by atomic mass is 9.94. The molecular weight excluding hydrogens is 507 g/mol. The van der Waals surface area contributed by atoms with Crippen molar-refractivity contribution in [2.45, 2.75) is 70.0 Å². The SMILES string of the molecule is O=C(NC1CCCCC1)[C@H](Cc1ccccc1)N(Cc1ccccc1F)C(=O)CCc1ccc2c(c1)OCCO2. The smallest absolute Gasteiger partial charge is 0.243 e. The van der Waals surface area contributed by atoms with Crippen molar-refractivity contribution in [3.63, 3.8) is 0 Å². The van der Waals surface area contributed by atoms with Crippen LogP contribution >= 0.6 is 0 Å². The number of rotatable bonds is 10. The van der Waals surface area contributed by atoms with Crippen LogP contribution in [0.4, 0.5) is 4.39 Å². The topological polar surface area (TPSA) is 67.9 Å². The Bertz CT molecular complexity index is 1290. The molecule has 40 heavy (non-hydrogen) atoms. The minimum atomic E-state index is -0.767. The number of hydrogen-bond donors (Lipinski definition) is 1. The summed E-state index contributed by atoms with van der Waals surface area (Å²) in [5, 5.41) is 3.23. The zero-order chi connectivity index (χ0) is 27.7. The van der Waals surface area contributed by atoms with Gasteiger partial charge in [-0.1, -0.05) is 73.9 Å². The van der Waals surface area contributed by atoms with E-state index in [-0.39, 0.29) is 30.8 Å². The van der Waals surface area contributed by atoms with Crippen molar-refractivity contribution in [3.8, 4) is 11.5 Å². The number of carbonyl (C=O) groups is 2. The first-order valence-electron chi connectivity index (χ1n) is 14.3. The number of halogens is 1. The number of aryl methyl sites for hydroxylation is 1. The van der Waals surface area contributed by atoms with E-state index in [1.165, 1.54) is 12.5 Å². The molecule has 0 spiro atoms. The van der Waals surface area contributed by atoms with Crippen molar-refractivity contribution in [2.24, 2.45) is 0 Å². The highest BCUT2D eigenvalue weighted by Crippen LogP contribution is 2.31. The van der Waals surface area contributed by atoms with Gasteiger partial charge in [-0.2, -0.15) is 0 Å². The van der Waals surface area contributed by atoms with Crippen molar-refractivity contribution in [1.29, 1.82) is 0 Å². The quantitative estimate of drug-likeness (QED) is 0.360. The van der Waals surface area contributed by atoms with Crippen LogP contribution in [-0.4, -0.2) is 42.0 Å². The number of amides is 2. The van der Waals surface area contributed by atoms with Crippen LogP contribution in [0.3, 0.4) is 0 Å². The molecule has 6 nitrogen and oxygen atoms in total. The fourth-order valence-corrected chi connectivity index (χ4v) is 5.55. The van der Waals surface area contributed by atoms with E-state index in [1.807, 2.05) is 48.5 Å². The largest absolute Gasteiger partial charge is 0.486 e. The van der Waals surface area contributed by atoms with Gasteiger partial charge in [0.25, 0.3) is 0 Å². The fraction of sp³-hybridized carbons (Fsp3) is 0.394. The molecule has 0 unspecified atom stereocenters. The Hall–Kier alpha value is -3.87. The number of carbonyl (C=O) groups excluding carboxylic acids is 2. The summed E-state index contributed by atoms with van der Waals surface area (Å²) in [6.45, 7) is 1.02. The number of ether oxygens (including phenoxy) is 2. The lowest BCUT2D eigenvalue weighted by Crippen LogP contribution is -2.53. The minimum absolute atomic E-state index is 0.0161. The molecule has 0 radical (unpaired) electrons. The van der Waals surface area contributed by atoms with Crippen LogP contribution in [-0.2, 0) is 29.0 Å². The van der Waals surface area contributed by atoms with Crippen molar-refractivity contribution < 1.29 is 23.5 Å². The first-order valence-corrected chi connectivity index (χ1v) is 14.3. The van der Waals surface area contributed by atoms with Crippen LogP contribution in [0.25, 0.3) is 0 Å². The fourth-order valence-electron chi connectivity index (χ4n) is 5.55. The zero-order valence-corrected chi connectivity index (χ0v) is 22.8. The molecule has 5 rings (SSSR count). The Morgan fingerprint density at radius 3 is 2.38 bits per heavy atom. The molecule has 1 fully saturated rings. The molecule has 1 heterocycles. The van der Waals surface area contributed by atoms with Gasteiger partial charge in [0.2, 0.25) is 11.8 Å². The van der Waals surface area contributed by atoms with Crippen LogP contribution in [0.15, 0.2) is 72.8 Å². The standard InChI is InChI=1S/C33H37FN2O4/c34-28-14-8-7-11-26(28)23-36(32(37)18-16-25-15-17-30-31(22-25)40-20-19-39-30)29(21-24-9-3-1-4-10-24)33(38)35-27-12-5-2-6-13-27/h1,3-4,7-11,14-15,17,22,27,29H,2,5-6,12-13,16,18-21,23H2,(H,35,38)/t29-/m0/s1. The van der Waals surface area contributed by atoms with E-state index in [9.17, 15) is 14.0 Å². The van der Waals surface area contributed by atoms with Gasteiger partial charge >= 0.3 is 0 Å². The molecule has 2 amide bonds. The van der Waals surface area contributed by atoms with Crippen molar-refractivity contribution >= 4 is 11.8 Å². The van der Waals surface area contributed by atoms with Crippen LogP contribution < -0.4 is 14.8 Å². The lowest BCUT2D eigenvalue weighted by molar-refractivity contribution is -0.141. The van der Waals surface area contributed by atoms with E-state index in [0.717, 1.165) is 36.8 Å². The first-order chi connectivity index (χ1) is 19.6. The van der Waals surface area contributed by atoms with E-state index in [4.69, 9.17) is 9.47 Å². The highest BCUT2D eigenvalue weighted by atomic mass is 19.1. The molecule has 3 aromatic carbocycles. The van der Waals surface area contributed by atoms with Crippen LogP contribution in [0.2, 0.25) is 0 Å². The van der Waals surface area contributed by atoms with Gasteiger partial charge in [-0.3, -0.25) is 9.59 Å². The summed E-state index contributed by atoms with van der Waals surface area (Å²) in [5.41, 5.74) is 2.28. The molecule has 0 aromatic heterocycles. The molecule has 7 heteroatoms. The van der Waals surface area contributed by atoms with Crippen LogP contribution in [0.5, 0.6) is 11.5 Å². The molecule has 1 saturated carbocycles. The van der Waals surface area contributed by atoms with Crippen molar-refractivity contribution in [2.75, 3.05) is 13.2 Å². The molecule has 1 aliphatic heterocycles. The normalized spacial score (nSPS) is 15.7. The Kier molecular flexibility index (Phi) is 9.32. The summed E-state index contributed by atoms with van der Waals surface area (Å²) in [5.74, 6) is 0.606. The summed E-state index contributed by atoms with van der Waals surface area (Å²) in [6, 6.07) is 21.2. The van der Waals surface area contributed by atoms with Gasteiger partial charge in [0.05, 0.1) is 0 Å². The maximum atomic E-state index is 14.8. The molecule has 1 atom stereocenters. The third-order valence-corrected chi connectivity index (χ3v) is 7.76. The zero-order valence-electron chi connectivity index (χ0n) is 22.8. The van der Waals surface area contributed by atoms with Gasteiger partial charge < -0.3 is 19.7 Å². The molecule has 3 aromatic rings. The Labute approximate surface area is 235 Å². The molecule has 2 aliphatic rings. The van der Waals surface area contributed by atoms with Gasteiger partial charge in [0.1, 0.15) is 25.1 Å². The number of nitrogens with one attached hydrogen (secondary N) is 1. The molecule has 1 N–H and O–H groups in total. The van der Waals surface area contributed by atoms with Gasteiger partial charge in [0, 0.05) is 31.0 Å². The van der Waals surface area contributed by atoms with Crippen molar-refractivity contribution in [1.82, 2.24) is 10.2 Å². The van der Waals surface area contributed by atoms with E-state index in [0.29, 0.717) is 43.1 Å². The number of nitrogens with zero attached hydrogens (tertiary/aromatic N) is 1. The van der Waals surface area contributed by atoms with Gasteiger partial charge in [-0.05, 0) is 48.6 Å². The Balaban J connectivity index is 1.40.